The Morgan fingerprint density at radius 3 is 2.62 bits per heavy atom. The Bertz CT molecular complexity index is 1240. The molecule has 8 nitrogen and oxygen atoms in total. The van der Waals surface area contributed by atoms with E-state index in [0.29, 0.717) is 62.5 Å². The first-order valence-electron chi connectivity index (χ1n) is 11.0. The Hall–Kier alpha value is -3.68. The fourth-order valence-electron chi connectivity index (χ4n) is 4.28. The van der Waals surface area contributed by atoms with Gasteiger partial charge in [-0.25, -0.2) is 14.5 Å². The van der Waals surface area contributed by atoms with Gasteiger partial charge in [-0.05, 0) is 44.4 Å². The molecule has 0 aliphatic carbocycles. The number of hydrogen-bond donors (Lipinski definition) is 0. The molecule has 0 N–H and O–H groups in total. The molecule has 0 saturated carbocycles. The lowest BCUT2D eigenvalue weighted by atomic mass is 10.1. The van der Waals surface area contributed by atoms with Crippen molar-refractivity contribution in [2.75, 3.05) is 31.1 Å². The number of aryl methyl sites for hydroxylation is 2. The first kappa shape index (κ1) is 23.5. The minimum Gasteiger partial charge on any atom is -0.355 e. The maximum absolute atomic E-state index is 12.9. The molecule has 0 radical (unpaired) electrons. The predicted molar refractivity (Wildman–Crippen MR) is 118 cm³/mol. The van der Waals surface area contributed by atoms with Gasteiger partial charge >= 0.3 is 6.18 Å². The zero-order valence-electron chi connectivity index (χ0n) is 18.9. The second-order valence-electron chi connectivity index (χ2n) is 8.29. The number of amides is 1. The Kier molecular flexibility index (Phi) is 6.41. The van der Waals surface area contributed by atoms with Crippen LogP contribution in [-0.2, 0) is 17.4 Å². The molecular formula is C23H24F3N7O. The van der Waals surface area contributed by atoms with Crippen molar-refractivity contribution in [3.8, 4) is 6.07 Å². The molecule has 4 rings (SSSR count). The number of rotatable bonds is 4. The highest BCUT2D eigenvalue weighted by Crippen LogP contribution is 2.29. The zero-order valence-corrected chi connectivity index (χ0v) is 18.9. The maximum atomic E-state index is 12.9. The number of carbonyl (C=O) groups is 1. The second-order valence-corrected chi connectivity index (χ2v) is 8.29. The summed E-state index contributed by atoms with van der Waals surface area (Å²) in [6, 6.07) is 4.49. The Balaban J connectivity index is 1.39. The molecule has 178 valence electrons. The molecule has 0 atom stereocenters. The number of fused-ring (bicyclic) bond motifs is 1. The van der Waals surface area contributed by atoms with Crippen LogP contribution in [0.5, 0.6) is 0 Å². The first-order chi connectivity index (χ1) is 16.2. The van der Waals surface area contributed by atoms with Gasteiger partial charge in [0.25, 0.3) is 0 Å². The van der Waals surface area contributed by atoms with Gasteiger partial charge in [0.05, 0.1) is 11.8 Å². The van der Waals surface area contributed by atoms with E-state index in [-0.39, 0.29) is 5.91 Å². The molecule has 4 heterocycles. The van der Waals surface area contributed by atoms with Crippen molar-refractivity contribution < 1.29 is 18.0 Å². The van der Waals surface area contributed by atoms with E-state index in [2.05, 4.69) is 21.1 Å². The highest BCUT2D eigenvalue weighted by molar-refractivity contribution is 5.76. The summed E-state index contributed by atoms with van der Waals surface area (Å²) in [6.45, 7) is 5.93. The highest BCUT2D eigenvalue weighted by atomic mass is 19.4. The third-order valence-electron chi connectivity index (χ3n) is 6.17. The number of hydrogen-bond acceptors (Lipinski definition) is 6. The number of nitrogens with zero attached hydrogens (tertiary/aromatic N) is 7. The van der Waals surface area contributed by atoms with Crippen LogP contribution in [0.1, 0.15) is 40.9 Å². The molecule has 1 amide bonds. The van der Waals surface area contributed by atoms with Crippen molar-refractivity contribution >= 4 is 17.4 Å². The standard InChI is InChI=1S/C23H24F3N7O/c1-15-19(16(2)33-22(30-15)17(12-27)13-29-33)5-7-21(34)32-9-3-8-31(10-11-32)20-6-4-18(14-28-20)23(24,25)26/h4,6,13-14H,3,5,7-11H2,1-2H3. The minimum absolute atomic E-state index is 0.0132. The molecule has 1 fully saturated rings. The number of halogens is 3. The Labute approximate surface area is 194 Å². The average molecular weight is 471 g/mol. The highest BCUT2D eigenvalue weighted by Gasteiger charge is 2.31. The van der Waals surface area contributed by atoms with Gasteiger partial charge in [0, 0.05) is 50.2 Å². The Morgan fingerprint density at radius 1 is 1.15 bits per heavy atom. The van der Waals surface area contributed by atoms with Crippen LogP contribution in [0.25, 0.3) is 5.65 Å². The van der Waals surface area contributed by atoms with Crippen LogP contribution in [-0.4, -0.2) is 56.6 Å². The lowest BCUT2D eigenvalue weighted by Gasteiger charge is -2.23. The zero-order chi connectivity index (χ0) is 24.5. The Morgan fingerprint density at radius 2 is 1.94 bits per heavy atom. The number of alkyl halides is 3. The normalized spacial score (nSPS) is 14.8. The van der Waals surface area contributed by atoms with E-state index in [4.69, 9.17) is 0 Å². The van der Waals surface area contributed by atoms with Crippen LogP contribution >= 0.6 is 0 Å². The molecule has 1 saturated heterocycles. The lowest BCUT2D eigenvalue weighted by molar-refractivity contribution is -0.137. The second kappa shape index (κ2) is 9.29. The van der Waals surface area contributed by atoms with Gasteiger partial charge in [-0.2, -0.15) is 23.5 Å². The quantitative estimate of drug-likeness (QED) is 0.580. The molecule has 1 aliphatic heterocycles. The molecule has 0 aromatic carbocycles. The molecule has 11 heteroatoms. The number of aromatic nitrogens is 4. The van der Waals surface area contributed by atoms with Gasteiger partial charge < -0.3 is 9.80 Å². The van der Waals surface area contributed by atoms with Crippen LogP contribution in [0.15, 0.2) is 24.5 Å². The third kappa shape index (κ3) is 4.66. The van der Waals surface area contributed by atoms with Crippen LogP contribution < -0.4 is 4.90 Å². The van der Waals surface area contributed by atoms with E-state index in [1.807, 2.05) is 18.7 Å². The summed E-state index contributed by atoms with van der Waals surface area (Å²) in [5, 5.41) is 13.4. The molecule has 3 aromatic rings. The first-order valence-corrected chi connectivity index (χ1v) is 11.0. The fourth-order valence-corrected chi connectivity index (χ4v) is 4.28. The predicted octanol–water partition coefficient (Wildman–Crippen LogP) is 3.30. The number of nitriles is 1. The van der Waals surface area contributed by atoms with E-state index < -0.39 is 11.7 Å². The molecule has 0 unspecified atom stereocenters. The topological polar surface area (TPSA) is 90.4 Å². The fraction of sp³-hybridized carbons (Fsp3) is 0.435. The van der Waals surface area contributed by atoms with Crippen molar-refractivity contribution in [3.05, 3.63) is 52.6 Å². The average Bonchev–Trinajstić information content (AvgIpc) is 3.05. The summed E-state index contributed by atoms with van der Waals surface area (Å²) in [7, 11) is 0. The number of anilines is 1. The van der Waals surface area contributed by atoms with Crippen molar-refractivity contribution in [3.63, 3.8) is 0 Å². The van der Waals surface area contributed by atoms with E-state index in [1.165, 1.54) is 12.3 Å². The molecular weight excluding hydrogens is 447 g/mol. The summed E-state index contributed by atoms with van der Waals surface area (Å²) in [4.78, 5) is 25.1. The minimum atomic E-state index is -4.42. The van der Waals surface area contributed by atoms with Gasteiger partial charge in [-0.1, -0.05) is 0 Å². The molecule has 0 bridgehead atoms. The van der Waals surface area contributed by atoms with Crippen LogP contribution in [0.3, 0.4) is 0 Å². The van der Waals surface area contributed by atoms with Gasteiger partial charge in [0.2, 0.25) is 5.91 Å². The molecule has 34 heavy (non-hydrogen) atoms. The smallest absolute Gasteiger partial charge is 0.355 e. The number of pyridine rings is 1. The van der Waals surface area contributed by atoms with Crippen LogP contribution in [0.2, 0.25) is 0 Å². The van der Waals surface area contributed by atoms with E-state index in [0.717, 1.165) is 29.2 Å². The summed E-state index contributed by atoms with van der Waals surface area (Å²) in [5.41, 5.74) is 2.69. The third-order valence-corrected chi connectivity index (χ3v) is 6.17. The van der Waals surface area contributed by atoms with Crippen molar-refractivity contribution in [1.82, 2.24) is 24.5 Å². The molecule has 0 spiro atoms. The van der Waals surface area contributed by atoms with Crippen molar-refractivity contribution in [2.24, 2.45) is 0 Å². The summed E-state index contributed by atoms with van der Waals surface area (Å²) in [5.74, 6) is 0.489. The van der Waals surface area contributed by atoms with E-state index >= 15 is 0 Å². The summed E-state index contributed by atoms with van der Waals surface area (Å²) >= 11 is 0. The van der Waals surface area contributed by atoms with Gasteiger partial charge in [-0.15, -0.1) is 0 Å². The summed E-state index contributed by atoms with van der Waals surface area (Å²) < 4.78 is 40.0. The van der Waals surface area contributed by atoms with E-state index in [1.54, 1.807) is 9.42 Å². The molecule has 3 aromatic heterocycles. The van der Waals surface area contributed by atoms with Crippen LogP contribution in [0.4, 0.5) is 19.0 Å². The SMILES string of the molecule is Cc1nc2c(C#N)cnn2c(C)c1CCC(=O)N1CCCN(c2ccc(C(F)(F)F)cn2)CC1. The monoisotopic (exact) mass is 471 g/mol. The summed E-state index contributed by atoms with van der Waals surface area (Å²) in [6.07, 6.45) is -0.582. The van der Waals surface area contributed by atoms with Crippen molar-refractivity contribution in [1.29, 1.82) is 5.26 Å². The van der Waals surface area contributed by atoms with Gasteiger partial charge in [-0.3, -0.25) is 4.79 Å². The molecule has 1 aliphatic rings. The maximum Gasteiger partial charge on any atom is 0.417 e. The van der Waals surface area contributed by atoms with Crippen LogP contribution in [0, 0.1) is 25.2 Å². The van der Waals surface area contributed by atoms with E-state index in [9.17, 15) is 23.2 Å². The van der Waals surface area contributed by atoms with Gasteiger partial charge in [0.15, 0.2) is 5.65 Å². The van der Waals surface area contributed by atoms with Gasteiger partial charge in [0.1, 0.15) is 17.5 Å². The lowest BCUT2D eigenvalue weighted by Crippen LogP contribution is -2.35. The largest absolute Gasteiger partial charge is 0.417 e. The van der Waals surface area contributed by atoms with Crippen molar-refractivity contribution in [2.45, 2.75) is 39.3 Å². The number of carbonyl (C=O) groups excluding carboxylic acids is 1.